The van der Waals surface area contributed by atoms with Crippen LogP contribution in [0.25, 0.3) is 0 Å². The Morgan fingerprint density at radius 1 is 1.36 bits per heavy atom. The Morgan fingerprint density at radius 2 is 2.14 bits per heavy atom. The van der Waals surface area contributed by atoms with Gasteiger partial charge in [0.2, 0.25) is 6.79 Å². The molecule has 1 aliphatic rings. The summed E-state index contributed by atoms with van der Waals surface area (Å²) in [6, 6.07) is 5.20. The molecule has 0 unspecified atom stereocenters. The maximum absolute atomic E-state index is 12.0. The van der Waals surface area contributed by atoms with Crippen LogP contribution in [-0.4, -0.2) is 29.1 Å². The number of amides is 1. The standard InChI is InChI=1S/C15H17N3O4/c1-9-15(10(2)18(3)17-9)16-14(19)7-20-11-4-5-12-13(6-11)22-8-21-12/h4-6H,7-8H2,1-3H3,(H,16,19). The Labute approximate surface area is 127 Å². The number of ether oxygens (including phenoxy) is 3. The molecular formula is C15H17N3O4. The van der Waals surface area contributed by atoms with E-state index in [0.29, 0.717) is 17.2 Å². The van der Waals surface area contributed by atoms with Crippen LogP contribution in [0.5, 0.6) is 17.2 Å². The van der Waals surface area contributed by atoms with Gasteiger partial charge in [-0.25, -0.2) is 0 Å². The van der Waals surface area contributed by atoms with Crippen LogP contribution in [0.4, 0.5) is 5.69 Å². The number of nitrogens with zero attached hydrogens (tertiary/aromatic N) is 2. The number of fused-ring (bicyclic) bond motifs is 1. The second-order valence-corrected chi connectivity index (χ2v) is 5.02. The first kappa shape index (κ1) is 14.2. The lowest BCUT2D eigenvalue weighted by atomic mass is 10.3. The molecule has 0 bridgehead atoms. The van der Waals surface area contributed by atoms with Gasteiger partial charge in [-0.1, -0.05) is 0 Å². The molecule has 1 aliphatic heterocycles. The fourth-order valence-corrected chi connectivity index (χ4v) is 2.25. The smallest absolute Gasteiger partial charge is 0.262 e. The Balaban J connectivity index is 1.60. The van der Waals surface area contributed by atoms with Crippen LogP contribution in [0, 0.1) is 13.8 Å². The fourth-order valence-electron chi connectivity index (χ4n) is 2.25. The van der Waals surface area contributed by atoms with E-state index in [4.69, 9.17) is 14.2 Å². The third kappa shape index (κ3) is 2.69. The van der Waals surface area contributed by atoms with E-state index in [1.807, 2.05) is 20.9 Å². The van der Waals surface area contributed by atoms with E-state index in [0.717, 1.165) is 17.1 Å². The monoisotopic (exact) mass is 303 g/mol. The second-order valence-electron chi connectivity index (χ2n) is 5.02. The van der Waals surface area contributed by atoms with Crippen molar-refractivity contribution in [2.45, 2.75) is 13.8 Å². The molecule has 22 heavy (non-hydrogen) atoms. The minimum absolute atomic E-state index is 0.0899. The predicted molar refractivity (Wildman–Crippen MR) is 79.4 cm³/mol. The zero-order chi connectivity index (χ0) is 15.7. The molecule has 0 saturated carbocycles. The van der Waals surface area contributed by atoms with Crippen molar-refractivity contribution >= 4 is 11.6 Å². The number of nitrogens with one attached hydrogen (secondary N) is 1. The fraction of sp³-hybridized carbons (Fsp3) is 0.333. The highest BCUT2D eigenvalue weighted by molar-refractivity contribution is 5.93. The number of carbonyl (C=O) groups is 1. The molecule has 116 valence electrons. The minimum Gasteiger partial charge on any atom is -0.484 e. The van der Waals surface area contributed by atoms with E-state index in [1.54, 1.807) is 22.9 Å². The lowest BCUT2D eigenvalue weighted by molar-refractivity contribution is -0.118. The zero-order valence-electron chi connectivity index (χ0n) is 12.7. The molecule has 0 saturated heterocycles. The van der Waals surface area contributed by atoms with Crippen molar-refractivity contribution in [2.24, 2.45) is 7.05 Å². The first-order chi connectivity index (χ1) is 10.5. The third-order valence-electron chi connectivity index (χ3n) is 3.49. The maximum Gasteiger partial charge on any atom is 0.262 e. The van der Waals surface area contributed by atoms with Gasteiger partial charge in [-0.2, -0.15) is 5.10 Å². The number of carbonyl (C=O) groups excluding carboxylic acids is 1. The van der Waals surface area contributed by atoms with Gasteiger partial charge in [-0.15, -0.1) is 0 Å². The third-order valence-corrected chi connectivity index (χ3v) is 3.49. The normalized spacial score (nSPS) is 12.3. The Kier molecular flexibility index (Phi) is 3.62. The van der Waals surface area contributed by atoms with E-state index in [-0.39, 0.29) is 19.3 Å². The molecule has 0 aliphatic carbocycles. The van der Waals surface area contributed by atoms with Gasteiger partial charge in [0, 0.05) is 13.1 Å². The summed E-state index contributed by atoms with van der Waals surface area (Å²) in [7, 11) is 1.83. The number of aromatic nitrogens is 2. The lowest BCUT2D eigenvalue weighted by Crippen LogP contribution is -2.20. The summed E-state index contributed by atoms with van der Waals surface area (Å²) in [5.74, 6) is 1.62. The molecule has 1 aromatic carbocycles. The lowest BCUT2D eigenvalue weighted by Gasteiger charge is -2.08. The molecular weight excluding hydrogens is 286 g/mol. The SMILES string of the molecule is Cc1nn(C)c(C)c1NC(=O)COc1ccc2c(c1)OCO2. The molecule has 3 rings (SSSR count). The van der Waals surface area contributed by atoms with E-state index in [2.05, 4.69) is 10.4 Å². The molecule has 0 fully saturated rings. The highest BCUT2D eigenvalue weighted by Crippen LogP contribution is 2.35. The summed E-state index contributed by atoms with van der Waals surface area (Å²) in [6.45, 7) is 3.86. The van der Waals surface area contributed by atoms with Crippen LogP contribution in [0.2, 0.25) is 0 Å². The number of hydrogen-bond donors (Lipinski definition) is 1. The molecule has 0 atom stereocenters. The highest BCUT2D eigenvalue weighted by Gasteiger charge is 2.15. The highest BCUT2D eigenvalue weighted by atomic mass is 16.7. The molecule has 1 amide bonds. The van der Waals surface area contributed by atoms with Gasteiger partial charge in [0.25, 0.3) is 5.91 Å². The van der Waals surface area contributed by atoms with Crippen molar-refractivity contribution in [3.63, 3.8) is 0 Å². The quantitative estimate of drug-likeness (QED) is 0.932. The number of rotatable bonds is 4. The van der Waals surface area contributed by atoms with Crippen LogP contribution >= 0.6 is 0 Å². The topological polar surface area (TPSA) is 74.6 Å². The number of hydrogen-bond acceptors (Lipinski definition) is 5. The number of benzene rings is 1. The minimum atomic E-state index is -0.239. The van der Waals surface area contributed by atoms with Crippen molar-refractivity contribution < 1.29 is 19.0 Å². The van der Waals surface area contributed by atoms with Crippen LogP contribution in [0.3, 0.4) is 0 Å². The molecule has 1 N–H and O–H groups in total. The van der Waals surface area contributed by atoms with Gasteiger partial charge in [-0.05, 0) is 26.0 Å². The van der Waals surface area contributed by atoms with Gasteiger partial charge < -0.3 is 19.5 Å². The summed E-state index contributed by atoms with van der Waals surface area (Å²) in [5.41, 5.74) is 2.40. The van der Waals surface area contributed by atoms with Gasteiger partial charge in [0.1, 0.15) is 5.75 Å². The summed E-state index contributed by atoms with van der Waals surface area (Å²) < 4.78 is 17.7. The van der Waals surface area contributed by atoms with Crippen molar-refractivity contribution in [3.05, 3.63) is 29.6 Å². The van der Waals surface area contributed by atoms with Gasteiger partial charge in [-0.3, -0.25) is 9.48 Å². The average molecular weight is 303 g/mol. The van der Waals surface area contributed by atoms with Gasteiger partial charge in [0.15, 0.2) is 18.1 Å². The van der Waals surface area contributed by atoms with E-state index in [9.17, 15) is 4.79 Å². The van der Waals surface area contributed by atoms with Crippen molar-refractivity contribution in [2.75, 3.05) is 18.7 Å². The first-order valence-corrected chi connectivity index (χ1v) is 6.87. The molecule has 7 nitrogen and oxygen atoms in total. The van der Waals surface area contributed by atoms with E-state index >= 15 is 0 Å². The van der Waals surface area contributed by atoms with E-state index in [1.165, 1.54) is 0 Å². The number of anilines is 1. The Hall–Kier alpha value is -2.70. The summed E-state index contributed by atoms with van der Waals surface area (Å²) in [5, 5.41) is 7.07. The molecule has 2 heterocycles. The Morgan fingerprint density at radius 3 is 2.86 bits per heavy atom. The van der Waals surface area contributed by atoms with Crippen molar-refractivity contribution in [1.82, 2.24) is 9.78 Å². The van der Waals surface area contributed by atoms with Crippen molar-refractivity contribution in [3.8, 4) is 17.2 Å². The van der Waals surface area contributed by atoms with Crippen molar-refractivity contribution in [1.29, 1.82) is 0 Å². The number of aryl methyl sites for hydroxylation is 2. The molecule has 0 spiro atoms. The molecule has 2 aromatic rings. The molecule has 0 radical (unpaired) electrons. The van der Waals surface area contributed by atoms with Crippen LogP contribution in [0.15, 0.2) is 18.2 Å². The summed E-state index contributed by atoms with van der Waals surface area (Å²) in [4.78, 5) is 12.0. The van der Waals surface area contributed by atoms with Crippen LogP contribution in [-0.2, 0) is 11.8 Å². The summed E-state index contributed by atoms with van der Waals surface area (Å²) in [6.07, 6.45) is 0. The molecule has 1 aromatic heterocycles. The van der Waals surface area contributed by atoms with Crippen LogP contribution < -0.4 is 19.5 Å². The van der Waals surface area contributed by atoms with Gasteiger partial charge in [0.05, 0.1) is 17.1 Å². The van der Waals surface area contributed by atoms with E-state index < -0.39 is 0 Å². The zero-order valence-corrected chi connectivity index (χ0v) is 12.7. The largest absolute Gasteiger partial charge is 0.484 e. The second kappa shape index (κ2) is 5.59. The van der Waals surface area contributed by atoms with Gasteiger partial charge >= 0.3 is 0 Å². The Bertz CT molecular complexity index is 724. The maximum atomic E-state index is 12.0. The first-order valence-electron chi connectivity index (χ1n) is 6.87. The average Bonchev–Trinajstić information content (AvgIpc) is 3.05. The predicted octanol–water partition coefficient (Wildman–Crippen LogP) is 1.78. The summed E-state index contributed by atoms with van der Waals surface area (Å²) >= 11 is 0. The van der Waals surface area contributed by atoms with Crippen LogP contribution in [0.1, 0.15) is 11.4 Å². The molecule has 7 heteroatoms.